The number of carboxylic acids is 1. The molecule has 0 aliphatic carbocycles. The summed E-state index contributed by atoms with van der Waals surface area (Å²) in [7, 11) is 3.90. The molecule has 212 valence electrons. The normalized spacial score (nSPS) is 20.3. The number of rotatable bonds is 11. The van der Waals surface area contributed by atoms with E-state index in [4.69, 9.17) is 4.74 Å². The number of aryl methyl sites for hydroxylation is 3. The third-order valence-electron chi connectivity index (χ3n) is 8.37. The van der Waals surface area contributed by atoms with Gasteiger partial charge in [0.2, 0.25) is 5.91 Å². The lowest BCUT2D eigenvalue weighted by molar-refractivity contribution is -0.670. The Kier molecular flexibility index (Phi) is 8.49. The van der Waals surface area contributed by atoms with E-state index in [1.54, 1.807) is 6.20 Å². The van der Waals surface area contributed by atoms with Crippen LogP contribution in [-0.2, 0) is 36.5 Å². The molecule has 0 bridgehead atoms. The van der Waals surface area contributed by atoms with E-state index in [0.717, 1.165) is 47.7 Å². The highest BCUT2D eigenvalue weighted by Crippen LogP contribution is 2.41. The van der Waals surface area contributed by atoms with Crippen molar-refractivity contribution in [3.8, 4) is 5.75 Å². The minimum Gasteiger partial charge on any atom is -0.493 e. The summed E-state index contributed by atoms with van der Waals surface area (Å²) < 4.78 is 9.62. The average Bonchev–Trinajstić information content (AvgIpc) is 3.65. The number of carbonyl (C=O) groups excluding carboxylic acids is 1. The lowest BCUT2D eigenvalue weighted by Crippen LogP contribution is -2.45. The van der Waals surface area contributed by atoms with Crippen molar-refractivity contribution in [1.29, 1.82) is 0 Å². The molecule has 2 aliphatic heterocycles. The van der Waals surface area contributed by atoms with Gasteiger partial charge in [0.05, 0.1) is 19.1 Å². The second kappa shape index (κ2) is 12.2. The first-order valence-corrected chi connectivity index (χ1v) is 14.3. The van der Waals surface area contributed by atoms with Crippen LogP contribution >= 0.6 is 0 Å². The van der Waals surface area contributed by atoms with Gasteiger partial charge in [0.15, 0.2) is 12.4 Å². The standard InChI is InChI=1S/C31H39N5O4/c1-4-5-15-36(24-7-6-14-33(2)19-24)29(37)21-35-20-25(22-8-10-27-23(18-22)12-17-40-27)30(31(38)39)26(35)9-11-28-32-13-16-34(28)3/h6-8,10,13-14,16,18-19,25-26,30H,4-5,9,11-12,15,17,20-21H2,1-3H3/p+1/t25-,26+,30?/m1/s1. The summed E-state index contributed by atoms with van der Waals surface area (Å²) >= 11 is 0. The Hall–Kier alpha value is -3.72. The zero-order chi connectivity index (χ0) is 28.2. The lowest BCUT2D eigenvalue weighted by Gasteiger charge is -2.29. The van der Waals surface area contributed by atoms with Crippen molar-refractivity contribution in [2.45, 2.75) is 51.0 Å². The van der Waals surface area contributed by atoms with Crippen LogP contribution in [-0.4, -0.2) is 63.7 Å². The second-order valence-electron chi connectivity index (χ2n) is 11.1. The topological polar surface area (TPSA) is 91.8 Å². The largest absolute Gasteiger partial charge is 0.493 e. The molecule has 9 heteroatoms. The number of carbonyl (C=O) groups is 2. The van der Waals surface area contributed by atoms with Gasteiger partial charge in [-0.1, -0.05) is 25.5 Å². The van der Waals surface area contributed by atoms with Crippen LogP contribution in [0.4, 0.5) is 5.69 Å². The van der Waals surface area contributed by atoms with Crippen molar-refractivity contribution in [3.63, 3.8) is 0 Å². The summed E-state index contributed by atoms with van der Waals surface area (Å²) in [6.45, 7) is 4.08. The molecular weight excluding hydrogens is 506 g/mol. The van der Waals surface area contributed by atoms with Crippen molar-refractivity contribution in [2.24, 2.45) is 20.0 Å². The van der Waals surface area contributed by atoms with Gasteiger partial charge in [-0.2, -0.15) is 0 Å². The maximum atomic E-state index is 13.9. The molecule has 0 saturated carbocycles. The highest BCUT2D eigenvalue weighted by atomic mass is 16.5. The molecule has 3 atom stereocenters. The van der Waals surface area contributed by atoms with E-state index < -0.39 is 11.9 Å². The Morgan fingerprint density at radius 2 is 2.12 bits per heavy atom. The SMILES string of the molecule is CCCCN(C(=O)CN1C[C@H](c2ccc3c(c2)CCO3)C(C(=O)O)[C@@H]1CCc1nccn1C)c1ccc[n+](C)c1. The van der Waals surface area contributed by atoms with E-state index in [-0.39, 0.29) is 24.4 Å². The van der Waals surface area contributed by atoms with Gasteiger partial charge in [-0.3, -0.25) is 14.5 Å². The molecule has 1 aromatic carbocycles. The molecule has 1 amide bonds. The van der Waals surface area contributed by atoms with Gasteiger partial charge in [0.1, 0.15) is 24.3 Å². The van der Waals surface area contributed by atoms with Crippen LogP contribution in [0, 0.1) is 5.92 Å². The van der Waals surface area contributed by atoms with Crippen LogP contribution in [0.25, 0.3) is 0 Å². The smallest absolute Gasteiger partial charge is 0.308 e. The molecule has 2 aliphatic rings. The summed E-state index contributed by atoms with van der Waals surface area (Å²) in [5.41, 5.74) is 2.99. The van der Waals surface area contributed by atoms with Crippen molar-refractivity contribution >= 4 is 17.6 Å². The maximum absolute atomic E-state index is 13.9. The molecule has 1 saturated heterocycles. The average molecular weight is 547 g/mol. The van der Waals surface area contributed by atoms with E-state index in [0.29, 0.717) is 32.5 Å². The van der Waals surface area contributed by atoms with Gasteiger partial charge in [0.25, 0.3) is 0 Å². The van der Waals surface area contributed by atoms with E-state index in [1.807, 2.05) is 71.0 Å². The van der Waals surface area contributed by atoms with Crippen LogP contribution in [0.5, 0.6) is 5.75 Å². The van der Waals surface area contributed by atoms with Gasteiger partial charge in [-0.05, 0) is 36.1 Å². The van der Waals surface area contributed by atoms with Gasteiger partial charge in [-0.25, -0.2) is 9.55 Å². The molecule has 3 aromatic rings. The molecule has 9 nitrogen and oxygen atoms in total. The predicted molar refractivity (Wildman–Crippen MR) is 151 cm³/mol. The van der Waals surface area contributed by atoms with E-state index in [1.165, 1.54) is 0 Å². The number of benzene rings is 1. The Balaban J connectivity index is 1.44. The molecule has 5 rings (SSSR count). The Morgan fingerprint density at radius 1 is 1.27 bits per heavy atom. The van der Waals surface area contributed by atoms with E-state index in [9.17, 15) is 14.7 Å². The van der Waals surface area contributed by atoms with Crippen molar-refractivity contribution in [3.05, 3.63) is 72.1 Å². The molecule has 1 fully saturated rings. The van der Waals surface area contributed by atoms with Gasteiger partial charge in [-0.15, -0.1) is 0 Å². The Labute approximate surface area is 236 Å². The first kappa shape index (κ1) is 27.8. The highest BCUT2D eigenvalue weighted by Gasteiger charge is 2.47. The summed E-state index contributed by atoms with van der Waals surface area (Å²) in [5.74, 6) is 0.117. The number of hydrogen-bond acceptors (Lipinski definition) is 5. The zero-order valence-corrected chi connectivity index (χ0v) is 23.7. The quantitative estimate of drug-likeness (QED) is 0.372. The minimum absolute atomic E-state index is 0.00576. The highest BCUT2D eigenvalue weighted by molar-refractivity contribution is 5.94. The first-order valence-electron chi connectivity index (χ1n) is 14.3. The van der Waals surface area contributed by atoms with Gasteiger partial charge in [0, 0.05) is 63.4 Å². The lowest BCUT2D eigenvalue weighted by atomic mass is 9.83. The fourth-order valence-corrected chi connectivity index (χ4v) is 6.25. The third kappa shape index (κ3) is 5.89. The number of hydrogen-bond donors (Lipinski definition) is 1. The summed E-state index contributed by atoms with van der Waals surface area (Å²) in [6.07, 6.45) is 11.5. The molecular formula is C31H40N5O4+. The second-order valence-corrected chi connectivity index (χ2v) is 11.1. The monoisotopic (exact) mass is 546 g/mol. The minimum atomic E-state index is -0.820. The summed E-state index contributed by atoms with van der Waals surface area (Å²) in [4.78, 5) is 35.2. The zero-order valence-electron chi connectivity index (χ0n) is 23.7. The summed E-state index contributed by atoms with van der Waals surface area (Å²) in [5, 5.41) is 10.5. The fraction of sp³-hybridized carbons (Fsp3) is 0.484. The van der Waals surface area contributed by atoms with Crippen molar-refractivity contribution in [1.82, 2.24) is 14.5 Å². The first-order chi connectivity index (χ1) is 19.4. The number of nitrogens with zero attached hydrogens (tertiary/aromatic N) is 5. The molecule has 40 heavy (non-hydrogen) atoms. The number of unbranched alkanes of at least 4 members (excludes halogenated alkanes) is 1. The molecule has 0 radical (unpaired) electrons. The van der Waals surface area contributed by atoms with Gasteiger partial charge < -0.3 is 19.3 Å². The molecule has 2 aromatic heterocycles. The van der Waals surface area contributed by atoms with Crippen molar-refractivity contribution in [2.75, 3.05) is 31.1 Å². The molecule has 1 unspecified atom stereocenters. The van der Waals surface area contributed by atoms with E-state index in [2.05, 4.69) is 22.9 Å². The number of amides is 1. The number of likely N-dealkylation sites (tertiary alicyclic amines) is 1. The third-order valence-corrected chi connectivity index (χ3v) is 8.37. The Morgan fingerprint density at radius 3 is 2.85 bits per heavy atom. The number of carboxylic acid groups (broad SMARTS) is 1. The summed E-state index contributed by atoms with van der Waals surface area (Å²) in [6, 6.07) is 9.69. The van der Waals surface area contributed by atoms with Crippen LogP contribution in [0.3, 0.4) is 0 Å². The van der Waals surface area contributed by atoms with E-state index >= 15 is 0 Å². The number of pyridine rings is 1. The van der Waals surface area contributed by atoms with Gasteiger partial charge >= 0.3 is 5.97 Å². The van der Waals surface area contributed by atoms with Crippen LogP contribution in [0.2, 0.25) is 0 Å². The van der Waals surface area contributed by atoms with Crippen LogP contribution < -0.4 is 14.2 Å². The predicted octanol–water partition coefficient (Wildman–Crippen LogP) is 3.11. The van der Waals surface area contributed by atoms with Crippen LogP contribution in [0.15, 0.2) is 55.1 Å². The number of ether oxygens (including phenoxy) is 1. The number of aromatic nitrogens is 3. The van der Waals surface area contributed by atoms with Crippen molar-refractivity contribution < 1.29 is 24.0 Å². The Bertz CT molecular complexity index is 1350. The van der Waals surface area contributed by atoms with Crippen LogP contribution in [0.1, 0.15) is 49.1 Å². The fourth-order valence-electron chi connectivity index (χ4n) is 6.25. The molecule has 4 heterocycles. The molecule has 0 spiro atoms. The number of fused-ring (bicyclic) bond motifs is 1. The maximum Gasteiger partial charge on any atom is 0.308 e. The number of aliphatic carboxylic acids is 1. The number of imidazole rings is 1. The number of anilines is 1. The molecule has 1 N–H and O–H groups in total.